The second kappa shape index (κ2) is 10.4. The zero-order chi connectivity index (χ0) is 24.2. The van der Waals surface area contributed by atoms with Crippen LogP contribution in [0.15, 0.2) is 53.7 Å². The molecule has 8 heteroatoms. The fourth-order valence-corrected chi connectivity index (χ4v) is 5.11. The van der Waals surface area contributed by atoms with E-state index < -0.39 is 0 Å². The van der Waals surface area contributed by atoms with Gasteiger partial charge >= 0.3 is 0 Å². The van der Waals surface area contributed by atoms with E-state index in [2.05, 4.69) is 29.4 Å². The van der Waals surface area contributed by atoms with Crippen molar-refractivity contribution in [3.8, 4) is 0 Å². The van der Waals surface area contributed by atoms with E-state index in [0.29, 0.717) is 23.2 Å². The molecule has 0 aliphatic carbocycles. The number of aryl methyl sites for hydroxylation is 1. The van der Waals surface area contributed by atoms with E-state index in [1.54, 1.807) is 0 Å². The van der Waals surface area contributed by atoms with Gasteiger partial charge in [-0.05, 0) is 49.4 Å². The number of thioether (sulfide) groups is 1. The van der Waals surface area contributed by atoms with Crippen LogP contribution in [0.5, 0.6) is 0 Å². The maximum Gasteiger partial charge on any atom is 0.254 e. The first-order chi connectivity index (χ1) is 16.3. The molecule has 2 amide bonds. The Hall–Kier alpha value is -3.13. The molecule has 178 valence electrons. The highest BCUT2D eigenvalue weighted by Crippen LogP contribution is 2.33. The molecule has 3 aromatic rings. The highest BCUT2D eigenvalue weighted by Gasteiger charge is 2.34. The van der Waals surface area contributed by atoms with Gasteiger partial charge in [0.2, 0.25) is 5.91 Å². The number of likely N-dealkylation sites (tertiary alicyclic amines) is 1. The van der Waals surface area contributed by atoms with Crippen LogP contribution in [0.4, 0.5) is 5.69 Å². The second-order valence-corrected chi connectivity index (χ2v) is 9.95. The highest BCUT2D eigenvalue weighted by atomic mass is 32.2. The van der Waals surface area contributed by atoms with Gasteiger partial charge < -0.3 is 14.8 Å². The lowest BCUT2D eigenvalue weighted by Gasteiger charge is -2.24. The molecule has 1 aliphatic heterocycles. The average molecular weight is 478 g/mol. The number of nitrogens with one attached hydrogen (secondary N) is 1. The van der Waals surface area contributed by atoms with Crippen LogP contribution < -0.4 is 5.32 Å². The number of anilines is 1. The summed E-state index contributed by atoms with van der Waals surface area (Å²) >= 11 is 1.35. The fraction of sp³-hybridized carbons (Fsp3) is 0.385. The molecular weight excluding hydrogens is 446 g/mol. The van der Waals surface area contributed by atoms with Crippen LogP contribution in [-0.4, -0.2) is 43.8 Å². The molecule has 1 aliphatic rings. The molecule has 0 saturated carbocycles. The van der Waals surface area contributed by atoms with Gasteiger partial charge in [-0.3, -0.25) is 9.59 Å². The summed E-state index contributed by atoms with van der Waals surface area (Å²) in [6.07, 6.45) is 1.77. The molecule has 2 aromatic carbocycles. The molecule has 34 heavy (non-hydrogen) atoms. The third kappa shape index (κ3) is 5.17. The number of carbonyl (C=O) groups excluding carboxylic acids is 2. The van der Waals surface area contributed by atoms with Crippen LogP contribution in [0, 0.1) is 6.92 Å². The van der Waals surface area contributed by atoms with Gasteiger partial charge in [-0.15, -0.1) is 10.2 Å². The number of aromatic nitrogens is 3. The normalized spacial score (nSPS) is 15.7. The Bertz CT molecular complexity index is 1190. The van der Waals surface area contributed by atoms with Crippen molar-refractivity contribution >= 4 is 29.3 Å². The van der Waals surface area contributed by atoms with Gasteiger partial charge in [0.1, 0.15) is 0 Å². The van der Waals surface area contributed by atoms with Gasteiger partial charge in [0.25, 0.3) is 5.91 Å². The molecule has 1 N–H and O–H groups in total. The number of rotatable bonds is 7. The third-order valence-corrected chi connectivity index (χ3v) is 7.15. The quantitative estimate of drug-likeness (QED) is 0.487. The number of hydrogen-bond acceptors (Lipinski definition) is 5. The van der Waals surface area contributed by atoms with Crippen molar-refractivity contribution in [3.63, 3.8) is 0 Å². The van der Waals surface area contributed by atoms with Crippen molar-refractivity contribution in [2.45, 2.75) is 50.7 Å². The second-order valence-electron chi connectivity index (χ2n) is 9.00. The highest BCUT2D eigenvalue weighted by molar-refractivity contribution is 7.99. The van der Waals surface area contributed by atoms with Crippen LogP contribution in [0.3, 0.4) is 0 Å². The zero-order valence-corrected chi connectivity index (χ0v) is 20.9. The summed E-state index contributed by atoms with van der Waals surface area (Å²) in [4.78, 5) is 27.7. The predicted octanol–water partition coefficient (Wildman–Crippen LogP) is 4.96. The number of benzene rings is 2. The number of nitrogens with zero attached hydrogens (tertiary/aromatic N) is 4. The lowest BCUT2D eigenvalue weighted by Crippen LogP contribution is -2.32. The van der Waals surface area contributed by atoms with Gasteiger partial charge in [0.05, 0.1) is 11.8 Å². The Morgan fingerprint density at radius 2 is 1.94 bits per heavy atom. The van der Waals surface area contributed by atoms with Crippen molar-refractivity contribution in [1.29, 1.82) is 0 Å². The van der Waals surface area contributed by atoms with Crippen molar-refractivity contribution in [2.24, 2.45) is 7.05 Å². The predicted molar refractivity (Wildman–Crippen MR) is 135 cm³/mol. The van der Waals surface area contributed by atoms with Gasteiger partial charge in [-0.1, -0.05) is 61.5 Å². The molecular formula is C26H31N5O2S. The number of hydrogen-bond donors (Lipinski definition) is 1. The summed E-state index contributed by atoms with van der Waals surface area (Å²) in [5, 5.41) is 12.4. The van der Waals surface area contributed by atoms with Gasteiger partial charge in [0, 0.05) is 24.8 Å². The lowest BCUT2D eigenvalue weighted by molar-refractivity contribution is -0.113. The average Bonchev–Trinajstić information content (AvgIpc) is 3.44. The Morgan fingerprint density at radius 3 is 2.71 bits per heavy atom. The Morgan fingerprint density at radius 1 is 1.15 bits per heavy atom. The first-order valence-corrected chi connectivity index (χ1v) is 12.6. The summed E-state index contributed by atoms with van der Waals surface area (Å²) in [6.45, 7) is 6.90. The maximum absolute atomic E-state index is 13.2. The molecule has 2 heterocycles. The Kier molecular flexibility index (Phi) is 7.36. The third-order valence-electron chi connectivity index (χ3n) is 6.13. The molecule has 0 bridgehead atoms. The summed E-state index contributed by atoms with van der Waals surface area (Å²) in [5.74, 6) is 1.25. The first-order valence-electron chi connectivity index (χ1n) is 11.6. The van der Waals surface area contributed by atoms with Crippen LogP contribution in [-0.2, 0) is 11.8 Å². The minimum Gasteiger partial charge on any atom is -0.328 e. The van der Waals surface area contributed by atoms with E-state index in [1.807, 2.05) is 72.0 Å². The van der Waals surface area contributed by atoms with Gasteiger partial charge in [-0.25, -0.2) is 0 Å². The molecule has 1 unspecified atom stereocenters. The van der Waals surface area contributed by atoms with Crippen LogP contribution >= 0.6 is 11.8 Å². The van der Waals surface area contributed by atoms with E-state index >= 15 is 0 Å². The Balaban J connectivity index is 1.42. The first kappa shape index (κ1) is 24.0. The summed E-state index contributed by atoms with van der Waals surface area (Å²) in [6, 6.07) is 15.4. The minimum absolute atomic E-state index is 0.0200. The van der Waals surface area contributed by atoms with Crippen molar-refractivity contribution in [1.82, 2.24) is 19.7 Å². The molecule has 0 spiro atoms. The number of amides is 2. The van der Waals surface area contributed by atoms with E-state index in [4.69, 9.17) is 0 Å². The standard InChI is InChI=1S/C26H31N5O2S/c1-17(2)20-11-5-6-12-21(20)27-23(32)16-34-26-29-28-24(30(26)4)22-13-8-14-31(22)25(33)19-10-7-9-18(3)15-19/h5-7,9-12,15,17,22H,8,13-14,16H2,1-4H3,(H,27,32). The van der Waals surface area contributed by atoms with E-state index in [1.165, 1.54) is 11.8 Å². The lowest BCUT2D eigenvalue weighted by atomic mass is 10.0. The van der Waals surface area contributed by atoms with Crippen molar-refractivity contribution in [3.05, 3.63) is 71.0 Å². The molecule has 1 saturated heterocycles. The monoisotopic (exact) mass is 477 g/mol. The number of para-hydroxylation sites is 1. The maximum atomic E-state index is 13.2. The topological polar surface area (TPSA) is 80.1 Å². The molecule has 1 fully saturated rings. The molecule has 0 radical (unpaired) electrons. The van der Waals surface area contributed by atoms with Gasteiger partial charge in [0.15, 0.2) is 11.0 Å². The molecule has 1 atom stereocenters. The van der Waals surface area contributed by atoms with Crippen LogP contribution in [0.2, 0.25) is 0 Å². The van der Waals surface area contributed by atoms with Gasteiger partial charge in [-0.2, -0.15) is 0 Å². The van der Waals surface area contributed by atoms with E-state index in [9.17, 15) is 9.59 Å². The largest absolute Gasteiger partial charge is 0.328 e. The zero-order valence-electron chi connectivity index (χ0n) is 20.1. The SMILES string of the molecule is Cc1cccc(C(=O)N2CCCC2c2nnc(SCC(=O)Nc3ccccc3C(C)C)n2C)c1. The molecule has 4 rings (SSSR count). The number of carbonyl (C=O) groups is 2. The molecule has 7 nitrogen and oxygen atoms in total. The van der Waals surface area contributed by atoms with Crippen LogP contribution in [0.1, 0.15) is 66.0 Å². The van der Waals surface area contributed by atoms with E-state index in [-0.39, 0.29) is 23.6 Å². The van der Waals surface area contributed by atoms with Crippen LogP contribution in [0.25, 0.3) is 0 Å². The Labute approximate surface area is 205 Å². The summed E-state index contributed by atoms with van der Waals surface area (Å²) in [7, 11) is 1.90. The summed E-state index contributed by atoms with van der Waals surface area (Å²) in [5.41, 5.74) is 3.72. The minimum atomic E-state index is -0.119. The smallest absolute Gasteiger partial charge is 0.254 e. The van der Waals surface area contributed by atoms with Crippen molar-refractivity contribution < 1.29 is 9.59 Å². The van der Waals surface area contributed by atoms with Crippen molar-refractivity contribution in [2.75, 3.05) is 17.6 Å². The summed E-state index contributed by atoms with van der Waals surface area (Å²) < 4.78 is 1.91. The van der Waals surface area contributed by atoms with E-state index in [0.717, 1.165) is 35.5 Å². The fourth-order valence-electron chi connectivity index (χ4n) is 4.39. The molecule has 1 aromatic heterocycles.